The normalized spacial score (nSPS) is 12.2. The van der Waals surface area contributed by atoms with Gasteiger partial charge in [0.2, 0.25) is 5.91 Å². The topological polar surface area (TPSA) is 50.4 Å². The SMILES string of the molecule is CNCC(=O)NC(COC)c1ccc(F)c(F)c1. The van der Waals surface area contributed by atoms with Gasteiger partial charge in [0, 0.05) is 7.11 Å². The number of methoxy groups -OCH3 is 1. The molecular formula is C12H16F2N2O2. The molecular weight excluding hydrogens is 242 g/mol. The lowest BCUT2D eigenvalue weighted by Crippen LogP contribution is -2.36. The van der Waals surface area contributed by atoms with Gasteiger partial charge in [-0.3, -0.25) is 4.79 Å². The summed E-state index contributed by atoms with van der Waals surface area (Å²) < 4.78 is 30.9. The van der Waals surface area contributed by atoms with Gasteiger partial charge >= 0.3 is 0 Å². The van der Waals surface area contributed by atoms with Crippen LogP contribution < -0.4 is 10.6 Å². The molecule has 100 valence electrons. The van der Waals surface area contributed by atoms with Crippen molar-refractivity contribution in [3.63, 3.8) is 0 Å². The van der Waals surface area contributed by atoms with Gasteiger partial charge in [0.1, 0.15) is 0 Å². The van der Waals surface area contributed by atoms with E-state index in [1.54, 1.807) is 7.05 Å². The number of likely N-dealkylation sites (N-methyl/N-ethyl adjacent to an activating group) is 1. The highest BCUT2D eigenvalue weighted by molar-refractivity contribution is 5.78. The summed E-state index contributed by atoms with van der Waals surface area (Å²) in [6.07, 6.45) is 0. The van der Waals surface area contributed by atoms with Crippen LogP contribution in [0.3, 0.4) is 0 Å². The Labute approximate surface area is 104 Å². The molecule has 0 bridgehead atoms. The van der Waals surface area contributed by atoms with Gasteiger partial charge in [-0.1, -0.05) is 6.07 Å². The van der Waals surface area contributed by atoms with Crippen molar-refractivity contribution in [1.82, 2.24) is 10.6 Å². The van der Waals surface area contributed by atoms with E-state index in [0.717, 1.165) is 12.1 Å². The summed E-state index contributed by atoms with van der Waals surface area (Å²) >= 11 is 0. The van der Waals surface area contributed by atoms with E-state index in [-0.39, 0.29) is 19.1 Å². The Morgan fingerprint density at radius 2 is 2.11 bits per heavy atom. The van der Waals surface area contributed by atoms with E-state index in [0.29, 0.717) is 5.56 Å². The highest BCUT2D eigenvalue weighted by atomic mass is 19.2. The first-order chi connectivity index (χ1) is 8.58. The molecule has 0 spiro atoms. The molecule has 0 saturated carbocycles. The van der Waals surface area contributed by atoms with Gasteiger partial charge in [-0.05, 0) is 24.7 Å². The van der Waals surface area contributed by atoms with Gasteiger partial charge in [-0.2, -0.15) is 0 Å². The molecule has 0 fully saturated rings. The quantitative estimate of drug-likeness (QED) is 0.800. The molecule has 1 amide bonds. The van der Waals surface area contributed by atoms with E-state index in [4.69, 9.17) is 4.74 Å². The molecule has 0 aliphatic heterocycles. The molecule has 18 heavy (non-hydrogen) atoms. The molecule has 0 aliphatic carbocycles. The lowest BCUT2D eigenvalue weighted by Gasteiger charge is -2.18. The predicted octanol–water partition coefficient (Wildman–Crippen LogP) is 0.988. The Morgan fingerprint density at radius 3 is 2.67 bits per heavy atom. The molecule has 1 rings (SSSR count). The first kappa shape index (κ1) is 14.5. The van der Waals surface area contributed by atoms with Gasteiger partial charge in [0.15, 0.2) is 11.6 Å². The van der Waals surface area contributed by atoms with Crippen LogP contribution in [-0.2, 0) is 9.53 Å². The van der Waals surface area contributed by atoms with Gasteiger partial charge in [0.25, 0.3) is 0 Å². The average molecular weight is 258 g/mol. The third-order valence-electron chi connectivity index (χ3n) is 2.35. The van der Waals surface area contributed by atoms with Crippen molar-refractivity contribution in [2.24, 2.45) is 0 Å². The summed E-state index contributed by atoms with van der Waals surface area (Å²) in [6, 6.07) is 2.99. The van der Waals surface area contributed by atoms with Crippen molar-refractivity contribution in [3.8, 4) is 0 Å². The van der Waals surface area contributed by atoms with E-state index in [1.807, 2.05) is 0 Å². The van der Waals surface area contributed by atoms with Crippen LogP contribution in [0.1, 0.15) is 11.6 Å². The number of amides is 1. The van der Waals surface area contributed by atoms with Crippen molar-refractivity contribution in [2.45, 2.75) is 6.04 Å². The fourth-order valence-electron chi connectivity index (χ4n) is 1.52. The zero-order valence-electron chi connectivity index (χ0n) is 10.3. The van der Waals surface area contributed by atoms with E-state index >= 15 is 0 Å². The number of halogens is 2. The second kappa shape index (κ2) is 7.03. The highest BCUT2D eigenvalue weighted by Crippen LogP contribution is 2.16. The number of hydrogen-bond acceptors (Lipinski definition) is 3. The van der Waals surface area contributed by atoms with Crippen LogP contribution in [0.2, 0.25) is 0 Å². The molecule has 0 saturated heterocycles. The van der Waals surface area contributed by atoms with E-state index in [2.05, 4.69) is 10.6 Å². The van der Waals surface area contributed by atoms with Gasteiger partial charge in [-0.15, -0.1) is 0 Å². The van der Waals surface area contributed by atoms with Crippen LogP contribution in [-0.4, -0.2) is 33.2 Å². The first-order valence-corrected chi connectivity index (χ1v) is 5.46. The molecule has 4 nitrogen and oxygen atoms in total. The molecule has 1 aromatic rings. The number of hydrogen-bond donors (Lipinski definition) is 2. The fraction of sp³-hybridized carbons (Fsp3) is 0.417. The number of nitrogens with one attached hydrogen (secondary N) is 2. The lowest BCUT2D eigenvalue weighted by atomic mass is 10.1. The number of benzene rings is 1. The summed E-state index contributed by atoms with van der Waals surface area (Å²) in [7, 11) is 3.11. The number of carbonyl (C=O) groups excluding carboxylic acids is 1. The van der Waals surface area contributed by atoms with Crippen molar-refractivity contribution < 1.29 is 18.3 Å². The Morgan fingerprint density at radius 1 is 1.39 bits per heavy atom. The summed E-state index contributed by atoms with van der Waals surface area (Å²) in [5, 5.41) is 5.37. The molecule has 1 unspecified atom stereocenters. The molecule has 0 aliphatic rings. The van der Waals surface area contributed by atoms with Crippen LogP contribution in [0.5, 0.6) is 0 Å². The Balaban J connectivity index is 2.82. The van der Waals surface area contributed by atoms with Crippen LogP contribution in [0.15, 0.2) is 18.2 Å². The zero-order chi connectivity index (χ0) is 13.5. The lowest BCUT2D eigenvalue weighted by molar-refractivity contribution is -0.121. The maximum atomic E-state index is 13.1. The van der Waals surface area contributed by atoms with Crippen molar-refractivity contribution >= 4 is 5.91 Å². The van der Waals surface area contributed by atoms with E-state index in [1.165, 1.54) is 13.2 Å². The predicted molar refractivity (Wildman–Crippen MR) is 63.0 cm³/mol. The van der Waals surface area contributed by atoms with Crippen molar-refractivity contribution in [1.29, 1.82) is 0 Å². The van der Waals surface area contributed by atoms with Crippen molar-refractivity contribution in [2.75, 3.05) is 27.3 Å². The highest BCUT2D eigenvalue weighted by Gasteiger charge is 2.15. The summed E-state index contributed by atoms with van der Waals surface area (Å²) in [5.41, 5.74) is 0.459. The first-order valence-electron chi connectivity index (χ1n) is 5.46. The second-order valence-electron chi connectivity index (χ2n) is 3.78. The third kappa shape index (κ3) is 4.05. The minimum atomic E-state index is -0.948. The largest absolute Gasteiger partial charge is 0.382 e. The summed E-state index contributed by atoms with van der Waals surface area (Å²) in [6.45, 7) is 0.324. The Hall–Kier alpha value is -1.53. The van der Waals surface area contributed by atoms with Crippen LogP contribution in [0, 0.1) is 11.6 Å². The third-order valence-corrected chi connectivity index (χ3v) is 2.35. The molecule has 1 atom stereocenters. The minimum Gasteiger partial charge on any atom is -0.382 e. The van der Waals surface area contributed by atoms with Crippen LogP contribution in [0.4, 0.5) is 8.78 Å². The number of ether oxygens (including phenoxy) is 1. The smallest absolute Gasteiger partial charge is 0.234 e. The molecule has 2 N–H and O–H groups in total. The molecule has 6 heteroatoms. The maximum Gasteiger partial charge on any atom is 0.234 e. The van der Waals surface area contributed by atoms with E-state index in [9.17, 15) is 13.6 Å². The van der Waals surface area contributed by atoms with Gasteiger partial charge < -0.3 is 15.4 Å². The minimum absolute atomic E-state index is 0.143. The molecule has 0 heterocycles. The average Bonchev–Trinajstić information content (AvgIpc) is 2.32. The number of carbonyl (C=O) groups is 1. The summed E-state index contributed by atoms with van der Waals surface area (Å²) in [5.74, 6) is -2.11. The van der Waals surface area contributed by atoms with Crippen molar-refractivity contribution in [3.05, 3.63) is 35.4 Å². The van der Waals surface area contributed by atoms with Crippen LogP contribution in [0.25, 0.3) is 0 Å². The Kier molecular flexibility index (Phi) is 5.67. The standard InChI is InChI=1S/C12H16F2N2O2/c1-15-6-12(17)16-11(7-18-2)8-3-4-9(13)10(14)5-8/h3-5,11,15H,6-7H2,1-2H3,(H,16,17). The molecule has 0 radical (unpaired) electrons. The fourth-order valence-corrected chi connectivity index (χ4v) is 1.52. The molecule has 1 aromatic carbocycles. The molecule has 0 aromatic heterocycles. The summed E-state index contributed by atoms with van der Waals surface area (Å²) in [4.78, 5) is 11.5. The van der Waals surface area contributed by atoms with E-state index < -0.39 is 17.7 Å². The monoisotopic (exact) mass is 258 g/mol. The zero-order valence-corrected chi connectivity index (χ0v) is 10.3. The number of rotatable bonds is 6. The van der Waals surface area contributed by atoms with Gasteiger partial charge in [0.05, 0.1) is 19.2 Å². The Bertz CT molecular complexity index is 413. The second-order valence-corrected chi connectivity index (χ2v) is 3.78. The van der Waals surface area contributed by atoms with Gasteiger partial charge in [-0.25, -0.2) is 8.78 Å². The maximum absolute atomic E-state index is 13.1. The van der Waals surface area contributed by atoms with Crippen LogP contribution >= 0.6 is 0 Å².